The van der Waals surface area contributed by atoms with Crippen molar-refractivity contribution in [1.29, 1.82) is 0 Å². The quantitative estimate of drug-likeness (QED) is 0.167. The van der Waals surface area contributed by atoms with Crippen LogP contribution in [-0.4, -0.2) is 15.8 Å². The van der Waals surface area contributed by atoms with Crippen molar-refractivity contribution in [2.75, 3.05) is 0 Å². The molecule has 1 aliphatic carbocycles. The van der Waals surface area contributed by atoms with Gasteiger partial charge in [-0.3, -0.25) is 0 Å². The third kappa shape index (κ3) is 3.70. The van der Waals surface area contributed by atoms with Gasteiger partial charge in [0, 0.05) is 55.8 Å². The molecule has 3 aliphatic rings. The topological polar surface area (TPSA) is 28.3 Å². The summed E-state index contributed by atoms with van der Waals surface area (Å²) in [5.74, 6) is 3.44. The molecular weight excluding hydrogens is 683 g/mol. The molecule has 4 heterocycles. The van der Waals surface area contributed by atoms with E-state index in [1.807, 2.05) is 0 Å². The first-order valence-corrected chi connectivity index (χ1v) is 19.5. The average molecular weight is 717 g/mol. The third-order valence-corrected chi connectivity index (χ3v) is 12.8. The lowest BCUT2D eigenvalue weighted by Crippen LogP contribution is -2.57. The molecule has 0 fully saturated rings. The summed E-state index contributed by atoms with van der Waals surface area (Å²) >= 11 is 0. The van der Waals surface area contributed by atoms with Crippen molar-refractivity contribution in [3.05, 3.63) is 175 Å². The van der Waals surface area contributed by atoms with Crippen molar-refractivity contribution in [1.82, 2.24) is 9.13 Å². The van der Waals surface area contributed by atoms with E-state index in [1.165, 1.54) is 60.3 Å². The van der Waals surface area contributed by atoms with Crippen molar-refractivity contribution in [2.45, 2.75) is 19.3 Å². The number of nitrogens with zero attached hydrogens (tertiary/aromatic N) is 2. The van der Waals surface area contributed by atoms with Gasteiger partial charge in [0.2, 0.25) is 0 Å². The lowest BCUT2D eigenvalue weighted by Gasteiger charge is -2.33. The molecule has 0 saturated heterocycles. The third-order valence-electron chi connectivity index (χ3n) is 12.8. The van der Waals surface area contributed by atoms with Gasteiger partial charge >= 0.3 is 0 Å². The van der Waals surface area contributed by atoms with E-state index in [0.717, 1.165) is 56.3 Å². The standard InChI is InChI=1S/C51H33BN2O2/c1-51(2)35-21-9-6-18-32(35)44-47(51)45-33-19-7-12-24-38(33)53(30-16-4-3-5-17-30)50(45)46-34-20-8-13-25-39(34)54(49(44)46)31-28-42-48-43(29-31)56-41-27-15-11-23-37(41)52(48)36-22-10-14-26-40(36)55-42/h3-29H,1-2H3. The van der Waals surface area contributed by atoms with Crippen molar-refractivity contribution in [2.24, 2.45) is 0 Å². The van der Waals surface area contributed by atoms with E-state index in [9.17, 15) is 0 Å². The number of rotatable bonds is 2. The second-order valence-electron chi connectivity index (χ2n) is 16.0. The first-order chi connectivity index (χ1) is 27.6. The van der Waals surface area contributed by atoms with Gasteiger partial charge in [-0.15, -0.1) is 0 Å². The number of benzene rings is 8. The molecule has 0 saturated carbocycles. The Kier molecular flexibility index (Phi) is 5.76. The normalized spacial score (nSPS) is 14.3. The van der Waals surface area contributed by atoms with E-state index in [1.54, 1.807) is 0 Å². The van der Waals surface area contributed by atoms with Crippen LogP contribution in [0.1, 0.15) is 25.0 Å². The summed E-state index contributed by atoms with van der Waals surface area (Å²) in [6.45, 7) is 4.83. The zero-order valence-corrected chi connectivity index (χ0v) is 30.9. The molecule has 0 amide bonds. The zero-order chi connectivity index (χ0) is 36.9. The molecule has 13 rings (SSSR count). The van der Waals surface area contributed by atoms with Crippen LogP contribution in [0.15, 0.2) is 164 Å². The minimum atomic E-state index is -0.264. The van der Waals surface area contributed by atoms with Crippen LogP contribution < -0.4 is 25.9 Å². The van der Waals surface area contributed by atoms with Crippen LogP contribution in [-0.2, 0) is 5.41 Å². The summed E-state index contributed by atoms with van der Waals surface area (Å²) < 4.78 is 18.7. The maximum Gasteiger partial charge on any atom is 0.260 e. The molecule has 0 atom stereocenters. The molecule has 0 bridgehead atoms. The summed E-state index contributed by atoms with van der Waals surface area (Å²) in [4.78, 5) is 0. The number of hydrogen-bond acceptors (Lipinski definition) is 2. The maximum absolute atomic E-state index is 6.87. The van der Waals surface area contributed by atoms with Crippen LogP contribution in [0.3, 0.4) is 0 Å². The molecule has 56 heavy (non-hydrogen) atoms. The van der Waals surface area contributed by atoms with Gasteiger partial charge in [-0.1, -0.05) is 129 Å². The Labute approximate surface area is 323 Å². The summed E-state index contributed by atoms with van der Waals surface area (Å²) in [7, 11) is 0. The molecule has 4 nitrogen and oxygen atoms in total. The number of para-hydroxylation sites is 5. The highest BCUT2D eigenvalue weighted by molar-refractivity contribution is 6.98. The molecule has 0 unspecified atom stereocenters. The molecule has 8 aromatic carbocycles. The van der Waals surface area contributed by atoms with Gasteiger partial charge in [0.25, 0.3) is 6.71 Å². The highest BCUT2D eigenvalue weighted by Crippen LogP contribution is 2.58. The SMILES string of the molecule is CC1(C)c2ccccc2-c2c1c1c3ccccc3n(-c3ccccc3)c1c1c3ccccc3n(-c3cc4c5c(c3)Oc3ccccc3B5c3ccccc3O4)c21. The Bertz CT molecular complexity index is 3280. The minimum absolute atomic E-state index is 0.0141. The summed E-state index contributed by atoms with van der Waals surface area (Å²) in [6.07, 6.45) is 0. The fraction of sp³-hybridized carbons (Fsp3) is 0.0588. The molecule has 0 radical (unpaired) electrons. The van der Waals surface area contributed by atoms with Gasteiger partial charge in [0.05, 0.1) is 27.8 Å². The van der Waals surface area contributed by atoms with Gasteiger partial charge < -0.3 is 18.6 Å². The van der Waals surface area contributed by atoms with E-state index in [0.29, 0.717) is 0 Å². The molecule has 0 spiro atoms. The highest BCUT2D eigenvalue weighted by atomic mass is 16.5. The van der Waals surface area contributed by atoms with E-state index < -0.39 is 0 Å². The lowest BCUT2D eigenvalue weighted by atomic mass is 9.35. The Hall–Kier alpha value is -6.98. The van der Waals surface area contributed by atoms with Gasteiger partial charge in [-0.2, -0.15) is 0 Å². The van der Waals surface area contributed by atoms with Crippen molar-refractivity contribution < 1.29 is 9.47 Å². The fourth-order valence-electron chi connectivity index (χ4n) is 10.6. The van der Waals surface area contributed by atoms with Crippen LogP contribution >= 0.6 is 0 Å². The smallest absolute Gasteiger partial charge is 0.260 e. The first kappa shape index (κ1) is 30.4. The Balaban J connectivity index is 1.24. The molecule has 2 aliphatic heterocycles. The zero-order valence-electron chi connectivity index (χ0n) is 30.9. The fourth-order valence-corrected chi connectivity index (χ4v) is 10.6. The summed E-state index contributed by atoms with van der Waals surface area (Å²) in [5.41, 5.74) is 15.4. The second kappa shape index (κ2) is 10.6. The molecule has 0 N–H and O–H groups in total. The van der Waals surface area contributed by atoms with E-state index >= 15 is 0 Å². The van der Waals surface area contributed by atoms with Crippen molar-refractivity contribution in [3.63, 3.8) is 0 Å². The van der Waals surface area contributed by atoms with E-state index in [-0.39, 0.29) is 12.1 Å². The van der Waals surface area contributed by atoms with Crippen molar-refractivity contribution in [3.8, 4) is 45.5 Å². The van der Waals surface area contributed by atoms with Crippen molar-refractivity contribution >= 4 is 66.7 Å². The number of hydrogen-bond donors (Lipinski definition) is 0. The largest absolute Gasteiger partial charge is 0.458 e. The molecule has 5 heteroatoms. The molecular formula is C51H33BN2O2. The minimum Gasteiger partial charge on any atom is -0.458 e. The second-order valence-corrected chi connectivity index (χ2v) is 16.0. The average Bonchev–Trinajstić information content (AvgIpc) is 3.84. The summed E-state index contributed by atoms with van der Waals surface area (Å²) in [6, 6.07) is 59.2. The van der Waals surface area contributed by atoms with E-state index in [4.69, 9.17) is 9.47 Å². The Morgan fingerprint density at radius 1 is 0.482 bits per heavy atom. The Morgan fingerprint density at radius 3 is 1.70 bits per heavy atom. The number of fused-ring (bicyclic) bond motifs is 16. The predicted molar refractivity (Wildman–Crippen MR) is 230 cm³/mol. The highest BCUT2D eigenvalue weighted by Gasteiger charge is 2.43. The molecule has 10 aromatic rings. The van der Waals surface area contributed by atoms with Crippen LogP contribution in [0.5, 0.6) is 23.0 Å². The van der Waals surface area contributed by atoms with Crippen LogP contribution in [0.25, 0.3) is 66.1 Å². The van der Waals surface area contributed by atoms with Gasteiger partial charge in [-0.25, -0.2) is 0 Å². The molecule has 262 valence electrons. The van der Waals surface area contributed by atoms with Gasteiger partial charge in [0.15, 0.2) is 0 Å². The number of aromatic nitrogens is 2. The Morgan fingerprint density at radius 2 is 1.02 bits per heavy atom. The van der Waals surface area contributed by atoms with Gasteiger partial charge in [-0.05, 0) is 64.0 Å². The molecule has 2 aromatic heterocycles. The predicted octanol–water partition coefficient (Wildman–Crippen LogP) is 10.9. The number of ether oxygens (including phenoxy) is 2. The lowest BCUT2D eigenvalue weighted by molar-refractivity contribution is 0.464. The van der Waals surface area contributed by atoms with Crippen LogP contribution in [0.4, 0.5) is 0 Å². The van der Waals surface area contributed by atoms with Gasteiger partial charge in [0.1, 0.15) is 23.0 Å². The van der Waals surface area contributed by atoms with Crippen LogP contribution in [0, 0.1) is 0 Å². The first-order valence-electron chi connectivity index (χ1n) is 19.5. The monoisotopic (exact) mass is 716 g/mol. The summed E-state index contributed by atoms with van der Waals surface area (Å²) in [5, 5.41) is 5.04. The maximum atomic E-state index is 6.87. The van der Waals surface area contributed by atoms with E-state index in [2.05, 4.69) is 187 Å². The van der Waals surface area contributed by atoms with Crippen LogP contribution in [0.2, 0.25) is 0 Å².